The SMILES string of the molecule is Cc1cc(C(F)(C(F)(F)F)C(F)(F)F)ccc1NC(=O)c1cccc(-n2cnnn2)c1C(=O)NC(C)C. The Hall–Kier alpha value is -4.04. The van der Waals surface area contributed by atoms with Crippen molar-refractivity contribution in [3.63, 3.8) is 0 Å². The Balaban J connectivity index is 2.03. The minimum Gasteiger partial charge on any atom is -0.350 e. The second-order valence-corrected chi connectivity index (χ2v) is 8.22. The van der Waals surface area contributed by atoms with E-state index in [1.165, 1.54) is 24.5 Å². The lowest BCUT2D eigenvalue weighted by Crippen LogP contribution is -2.50. The molecule has 1 heterocycles. The predicted molar refractivity (Wildman–Crippen MR) is 116 cm³/mol. The largest absolute Gasteiger partial charge is 0.435 e. The number of nitrogens with one attached hydrogen (secondary N) is 2. The molecular weight excluding hydrogens is 513 g/mol. The van der Waals surface area contributed by atoms with E-state index >= 15 is 0 Å². The second kappa shape index (κ2) is 9.78. The zero-order valence-corrected chi connectivity index (χ0v) is 19.4. The normalized spacial score (nSPS) is 12.5. The van der Waals surface area contributed by atoms with E-state index in [0.717, 1.165) is 11.6 Å². The van der Waals surface area contributed by atoms with Gasteiger partial charge in [0, 0.05) is 17.3 Å². The van der Waals surface area contributed by atoms with Gasteiger partial charge in [0.2, 0.25) is 0 Å². The van der Waals surface area contributed by atoms with Crippen LogP contribution in [-0.2, 0) is 5.67 Å². The summed E-state index contributed by atoms with van der Waals surface area (Å²) in [6.07, 6.45) is -11.4. The minimum atomic E-state index is -6.28. The molecule has 0 unspecified atom stereocenters. The maximum absolute atomic E-state index is 14.4. The molecule has 0 atom stereocenters. The van der Waals surface area contributed by atoms with E-state index in [-0.39, 0.29) is 40.2 Å². The third-order valence-electron chi connectivity index (χ3n) is 5.18. The van der Waals surface area contributed by atoms with E-state index < -0.39 is 35.4 Å². The Morgan fingerprint density at radius 1 is 0.946 bits per heavy atom. The van der Waals surface area contributed by atoms with E-state index in [2.05, 4.69) is 26.2 Å². The summed E-state index contributed by atoms with van der Waals surface area (Å²) in [7, 11) is 0. The molecule has 3 aromatic rings. The topological polar surface area (TPSA) is 102 Å². The van der Waals surface area contributed by atoms with Crippen LogP contribution in [0.2, 0.25) is 0 Å². The summed E-state index contributed by atoms with van der Waals surface area (Å²) in [6, 6.07) is 5.17. The maximum Gasteiger partial charge on any atom is 0.435 e. The summed E-state index contributed by atoms with van der Waals surface area (Å²) in [6.45, 7) is 4.44. The number of rotatable bonds is 6. The molecule has 0 radical (unpaired) electrons. The van der Waals surface area contributed by atoms with Gasteiger partial charge in [-0.3, -0.25) is 9.59 Å². The Labute approximate surface area is 204 Å². The van der Waals surface area contributed by atoms with Crippen LogP contribution in [0.25, 0.3) is 5.69 Å². The standard InChI is InChI=1S/C22H19F7N6O2/c1-11(2)31-19(37)17-14(5-4-6-16(17)35-10-30-33-34-35)18(36)32-15-8-7-13(9-12(15)3)20(23,21(24,25)26)22(27,28)29/h4-11H,1-3H3,(H,31,37)(H,32,36). The molecule has 0 aliphatic heterocycles. The van der Waals surface area contributed by atoms with Crippen LogP contribution in [0.3, 0.4) is 0 Å². The third-order valence-corrected chi connectivity index (χ3v) is 5.18. The summed E-state index contributed by atoms with van der Waals surface area (Å²) in [5.74, 6) is -1.59. The number of aryl methyl sites for hydroxylation is 1. The first-order valence-corrected chi connectivity index (χ1v) is 10.5. The van der Waals surface area contributed by atoms with Gasteiger partial charge in [-0.2, -0.15) is 31.0 Å². The number of hydrogen-bond donors (Lipinski definition) is 2. The number of benzene rings is 2. The van der Waals surface area contributed by atoms with Crippen LogP contribution in [0, 0.1) is 6.92 Å². The smallest absolute Gasteiger partial charge is 0.350 e. The fraction of sp³-hybridized carbons (Fsp3) is 0.318. The molecule has 0 fully saturated rings. The van der Waals surface area contributed by atoms with Crippen LogP contribution in [0.1, 0.15) is 45.7 Å². The van der Waals surface area contributed by atoms with Gasteiger partial charge >= 0.3 is 18.0 Å². The molecule has 2 amide bonds. The van der Waals surface area contributed by atoms with E-state index in [0.29, 0.717) is 12.1 Å². The van der Waals surface area contributed by atoms with Gasteiger partial charge in [0.05, 0.1) is 16.8 Å². The lowest BCUT2D eigenvalue weighted by atomic mass is 9.92. The van der Waals surface area contributed by atoms with Gasteiger partial charge in [-0.05, 0) is 55.0 Å². The average Bonchev–Trinajstić information content (AvgIpc) is 3.32. The highest BCUT2D eigenvalue weighted by molar-refractivity contribution is 6.14. The molecule has 0 spiro atoms. The van der Waals surface area contributed by atoms with Crippen molar-refractivity contribution in [2.45, 2.75) is 44.8 Å². The molecule has 2 aromatic carbocycles. The number of carbonyl (C=O) groups is 2. The lowest BCUT2D eigenvalue weighted by molar-refractivity contribution is -0.348. The third kappa shape index (κ3) is 5.24. The van der Waals surface area contributed by atoms with Crippen molar-refractivity contribution in [3.8, 4) is 5.69 Å². The van der Waals surface area contributed by atoms with Crippen LogP contribution < -0.4 is 10.6 Å². The number of tetrazole rings is 1. The molecule has 15 heteroatoms. The quantitative estimate of drug-likeness (QED) is 0.450. The van der Waals surface area contributed by atoms with E-state index in [9.17, 15) is 40.3 Å². The molecule has 0 bridgehead atoms. The van der Waals surface area contributed by atoms with Gasteiger partial charge in [-0.25, -0.2) is 4.39 Å². The molecule has 2 N–H and O–H groups in total. The zero-order valence-electron chi connectivity index (χ0n) is 19.4. The van der Waals surface area contributed by atoms with Gasteiger partial charge in [0.15, 0.2) is 0 Å². The molecule has 8 nitrogen and oxygen atoms in total. The van der Waals surface area contributed by atoms with Crippen molar-refractivity contribution in [2.24, 2.45) is 0 Å². The number of alkyl halides is 7. The fourth-order valence-electron chi connectivity index (χ4n) is 3.46. The molecule has 0 saturated carbocycles. The minimum absolute atomic E-state index is 0.125. The lowest BCUT2D eigenvalue weighted by Gasteiger charge is -2.30. The predicted octanol–water partition coefficient (Wildman–Crippen LogP) is 4.65. The zero-order chi connectivity index (χ0) is 27.8. The van der Waals surface area contributed by atoms with Crippen LogP contribution in [-0.4, -0.2) is 50.4 Å². The number of nitrogens with zero attached hydrogens (tertiary/aromatic N) is 4. The first-order chi connectivity index (χ1) is 17.1. The van der Waals surface area contributed by atoms with Crippen LogP contribution in [0.4, 0.5) is 36.4 Å². The first kappa shape index (κ1) is 27.5. The molecule has 0 aliphatic rings. The van der Waals surface area contributed by atoms with Gasteiger partial charge < -0.3 is 10.6 Å². The summed E-state index contributed by atoms with van der Waals surface area (Å²) in [5.41, 5.74) is -8.02. The van der Waals surface area contributed by atoms with E-state index in [1.807, 2.05) is 0 Å². The van der Waals surface area contributed by atoms with Crippen LogP contribution in [0.5, 0.6) is 0 Å². The number of aromatic nitrogens is 4. The van der Waals surface area contributed by atoms with E-state index in [4.69, 9.17) is 0 Å². The van der Waals surface area contributed by atoms with E-state index in [1.54, 1.807) is 13.8 Å². The molecule has 3 rings (SSSR count). The van der Waals surface area contributed by atoms with Crippen molar-refractivity contribution >= 4 is 17.5 Å². The van der Waals surface area contributed by atoms with Gasteiger partial charge in [0.1, 0.15) is 6.33 Å². The van der Waals surface area contributed by atoms with Crippen molar-refractivity contribution in [1.29, 1.82) is 0 Å². The molecular formula is C22H19F7N6O2. The van der Waals surface area contributed by atoms with Gasteiger partial charge in [-0.15, -0.1) is 5.10 Å². The summed E-state index contributed by atoms with van der Waals surface area (Å²) >= 11 is 0. The Kier molecular flexibility index (Phi) is 7.28. The highest BCUT2D eigenvalue weighted by Crippen LogP contribution is 2.53. The summed E-state index contributed by atoms with van der Waals surface area (Å²) in [5, 5.41) is 15.6. The van der Waals surface area contributed by atoms with Crippen LogP contribution in [0.15, 0.2) is 42.7 Å². The first-order valence-electron chi connectivity index (χ1n) is 10.5. The van der Waals surface area contributed by atoms with Crippen LogP contribution >= 0.6 is 0 Å². The Morgan fingerprint density at radius 3 is 2.11 bits per heavy atom. The number of hydrogen-bond acceptors (Lipinski definition) is 5. The molecule has 0 aliphatic carbocycles. The molecule has 37 heavy (non-hydrogen) atoms. The second-order valence-electron chi connectivity index (χ2n) is 8.22. The monoisotopic (exact) mass is 532 g/mol. The average molecular weight is 532 g/mol. The van der Waals surface area contributed by atoms with Gasteiger partial charge in [0.25, 0.3) is 11.8 Å². The van der Waals surface area contributed by atoms with Crippen molar-refractivity contribution in [3.05, 3.63) is 65.0 Å². The number of amides is 2. The Bertz CT molecular complexity index is 1290. The van der Waals surface area contributed by atoms with Crippen molar-refractivity contribution in [2.75, 3.05) is 5.32 Å². The fourth-order valence-corrected chi connectivity index (χ4v) is 3.46. The Morgan fingerprint density at radius 2 is 1.59 bits per heavy atom. The summed E-state index contributed by atoms with van der Waals surface area (Å²) < 4.78 is 94.1. The maximum atomic E-state index is 14.4. The van der Waals surface area contributed by atoms with Crippen molar-refractivity contribution in [1.82, 2.24) is 25.5 Å². The highest BCUT2D eigenvalue weighted by atomic mass is 19.4. The number of anilines is 1. The molecule has 198 valence electrons. The van der Waals surface area contributed by atoms with Gasteiger partial charge in [-0.1, -0.05) is 18.2 Å². The number of halogens is 7. The molecule has 0 saturated heterocycles. The van der Waals surface area contributed by atoms with Crippen molar-refractivity contribution < 1.29 is 40.3 Å². The summed E-state index contributed by atoms with van der Waals surface area (Å²) in [4.78, 5) is 26.0. The number of carbonyl (C=O) groups excluding carboxylic acids is 2. The molecule has 1 aromatic heterocycles. The highest BCUT2D eigenvalue weighted by Gasteiger charge is 2.73.